The van der Waals surface area contributed by atoms with Crippen LogP contribution in [0.5, 0.6) is 0 Å². The van der Waals surface area contributed by atoms with Gasteiger partial charge in [0.1, 0.15) is 15.5 Å². The maximum atomic E-state index is 11.8. The summed E-state index contributed by atoms with van der Waals surface area (Å²) in [6.45, 7) is 1.02. The molecule has 0 aromatic carbocycles. The Hall–Kier alpha value is -1.73. The van der Waals surface area contributed by atoms with E-state index in [-0.39, 0.29) is 11.3 Å². The van der Waals surface area contributed by atoms with E-state index in [2.05, 4.69) is 10.3 Å². The molecule has 2 heterocycles. The Balaban J connectivity index is 1.95. The molecule has 0 bridgehead atoms. The van der Waals surface area contributed by atoms with Gasteiger partial charge in [-0.2, -0.15) is 0 Å². The Morgan fingerprint density at radius 1 is 1.35 bits per heavy atom. The second-order valence-electron chi connectivity index (χ2n) is 4.67. The Morgan fingerprint density at radius 3 is 2.90 bits per heavy atom. The Morgan fingerprint density at radius 2 is 2.15 bits per heavy atom. The minimum absolute atomic E-state index is 0.122. The average molecular weight is 295 g/mol. The molecule has 6 nitrogen and oxygen atoms in total. The first-order chi connectivity index (χ1) is 9.46. The molecule has 0 aliphatic carbocycles. The second-order valence-corrected chi connectivity index (χ2v) is 6.93. The van der Waals surface area contributed by atoms with Gasteiger partial charge in [0.15, 0.2) is 0 Å². The van der Waals surface area contributed by atoms with Crippen molar-refractivity contribution in [2.75, 3.05) is 18.6 Å². The van der Waals surface area contributed by atoms with Crippen molar-refractivity contribution in [3.05, 3.63) is 46.5 Å². The van der Waals surface area contributed by atoms with Crippen LogP contribution >= 0.6 is 0 Å². The highest BCUT2D eigenvalue weighted by atomic mass is 32.2. The lowest BCUT2D eigenvalue weighted by Gasteiger charge is -2.05. The third kappa shape index (κ3) is 4.14. The molecule has 1 N–H and O–H groups in total. The van der Waals surface area contributed by atoms with Crippen LogP contribution in [0, 0.1) is 0 Å². The summed E-state index contributed by atoms with van der Waals surface area (Å²) in [6.07, 6.45) is 3.44. The van der Waals surface area contributed by atoms with E-state index in [4.69, 9.17) is 0 Å². The molecule has 0 fully saturated rings. The third-order valence-electron chi connectivity index (χ3n) is 2.80. The van der Waals surface area contributed by atoms with E-state index in [9.17, 15) is 13.2 Å². The van der Waals surface area contributed by atoms with Crippen molar-refractivity contribution in [2.45, 2.75) is 13.0 Å². The predicted molar refractivity (Wildman–Crippen MR) is 77.5 cm³/mol. The number of pyridine rings is 1. The summed E-state index contributed by atoms with van der Waals surface area (Å²) < 4.78 is 23.4. The molecule has 108 valence electrons. The van der Waals surface area contributed by atoms with Gasteiger partial charge in [-0.05, 0) is 25.1 Å². The van der Waals surface area contributed by atoms with Crippen LogP contribution in [0.1, 0.15) is 12.1 Å². The van der Waals surface area contributed by atoms with Crippen LogP contribution in [-0.4, -0.2) is 36.4 Å². The Bertz CT molecular complexity index is 753. The summed E-state index contributed by atoms with van der Waals surface area (Å²) in [6, 6.07) is 6.86. The minimum atomic E-state index is -2.91. The molecule has 0 amide bonds. The van der Waals surface area contributed by atoms with E-state index >= 15 is 0 Å². The van der Waals surface area contributed by atoms with Crippen molar-refractivity contribution in [1.82, 2.24) is 14.7 Å². The molecule has 2 aromatic rings. The van der Waals surface area contributed by atoms with Crippen LogP contribution in [0.2, 0.25) is 0 Å². The van der Waals surface area contributed by atoms with Crippen molar-refractivity contribution in [3.63, 3.8) is 0 Å². The lowest BCUT2D eigenvalue weighted by Crippen LogP contribution is -2.21. The zero-order valence-corrected chi connectivity index (χ0v) is 12.1. The van der Waals surface area contributed by atoms with Crippen molar-refractivity contribution in [1.29, 1.82) is 0 Å². The van der Waals surface area contributed by atoms with Gasteiger partial charge < -0.3 is 5.32 Å². The molecule has 0 saturated heterocycles. The number of nitrogens with one attached hydrogen (secondary N) is 1. The van der Waals surface area contributed by atoms with E-state index in [1.165, 1.54) is 16.7 Å². The number of rotatable bonds is 6. The fourth-order valence-corrected chi connectivity index (χ4v) is 2.54. The van der Waals surface area contributed by atoms with Gasteiger partial charge in [0.25, 0.3) is 5.56 Å². The van der Waals surface area contributed by atoms with Crippen LogP contribution in [0.3, 0.4) is 0 Å². The maximum absolute atomic E-state index is 11.8. The van der Waals surface area contributed by atoms with E-state index in [1.54, 1.807) is 18.3 Å². The Labute approximate surface area is 117 Å². The molecule has 0 saturated carbocycles. The first-order valence-electron chi connectivity index (χ1n) is 6.31. The second kappa shape index (κ2) is 6.15. The molecule has 0 radical (unpaired) electrons. The van der Waals surface area contributed by atoms with Crippen molar-refractivity contribution < 1.29 is 8.42 Å². The number of hydrogen-bond acceptors (Lipinski definition) is 5. The summed E-state index contributed by atoms with van der Waals surface area (Å²) in [4.78, 5) is 16.2. The number of aromatic nitrogens is 2. The molecular formula is C13H17N3O3S. The lowest BCUT2D eigenvalue weighted by atomic mass is 10.3. The highest BCUT2D eigenvalue weighted by molar-refractivity contribution is 7.90. The molecule has 20 heavy (non-hydrogen) atoms. The smallest absolute Gasteiger partial charge is 0.258 e. The van der Waals surface area contributed by atoms with Crippen LogP contribution in [0.15, 0.2) is 35.3 Å². The molecule has 2 rings (SSSR count). The largest absolute Gasteiger partial charge is 0.311 e. The van der Waals surface area contributed by atoms with Crippen molar-refractivity contribution in [2.24, 2.45) is 0 Å². The number of fused-ring (bicyclic) bond motifs is 1. The normalized spacial score (nSPS) is 11.8. The van der Waals surface area contributed by atoms with E-state index in [1.807, 2.05) is 6.07 Å². The fraction of sp³-hybridized carbons (Fsp3) is 0.385. The molecule has 7 heteroatoms. The van der Waals surface area contributed by atoms with Gasteiger partial charge in [0, 0.05) is 25.1 Å². The first kappa shape index (κ1) is 14.7. The first-order valence-corrected chi connectivity index (χ1v) is 8.37. The van der Waals surface area contributed by atoms with Gasteiger partial charge in [0.05, 0.1) is 11.4 Å². The summed E-state index contributed by atoms with van der Waals surface area (Å²) >= 11 is 0. The summed E-state index contributed by atoms with van der Waals surface area (Å²) in [5.74, 6) is 0.161. The van der Waals surface area contributed by atoms with E-state index in [0.29, 0.717) is 30.9 Å². The minimum Gasteiger partial charge on any atom is -0.311 e. The molecular weight excluding hydrogens is 278 g/mol. The predicted octanol–water partition coefficient (Wildman–Crippen LogP) is 0.219. The van der Waals surface area contributed by atoms with Gasteiger partial charge >= 0.3 is 0 Å². The fourth-order valence-electron chi connectivity index (χ4n) is 1.87. The van der Waals surface area contributed by atoms with Gasteiger partial charge in [-0.3, -0.25) is 9.20 Å². The molecule has 0 atom stereocenters. The number of nitrogens with zero attached hydrogens (tertiary/aromatic N) is 2. The molecule has 0 spiro atoms. The molecule has 2 aromatic heterocycles. The SMILES string of the molecule is CS(=O)(=O)CCCNCc1cc(=O)n2ccccc2n1. The van der Waals surface area contributed by atoms with Crippen LogP contribution < -0.4 is 10.9 Å². The highest BCUT2D eigenvalue weighted by Crippen LogP contribution is 1.98. The van der Waals surface area contributed by atoms with E-state index in [0.717, 1.165) is 0 Å². The van der Waals surface area contributed by atoms with Crippen LogP contribution in [0.4, 0.5) is 0 Å². The zero-order valence-electron chi connectivity index (χ0n) is 11.2. The summed E-state index contributed by atoms with van der Waals surface area (Å²) in [5.41, 5.74) is 1.14. The standard InChI is InChI=1S/C13H17N3O3S/c1-20(18,19)8-4-6-14-10-11-9-13(17)16-7-3-2-5-12(16)15-11/h2-3,5,7,9,14H,4,6,8,10H2,1H3. The van der Waals surface area contributed by atoms with Gasteiger partial charge in [-0.25, -0.2) is 13.4 Å². The number of sulfone groups is 1. The highest BCUT2D eigenvalue weighted by Gasteiger charge is 2.03. The molecule has 0 aliphatic rings. The van der Waals surface area contributed by atoms with Gasteiger partial charge in [-0.1, -0.05) is 6.07 Å². The lowest BCUT2D eigenvalue weighted by molar-refractivity contribution is 0.593. The van der Waals surface area contributed by atoms with Crippen LogP contribution in [0.25, 0.3) is 5.65 Å². The van der Waals surface area contributed by atoms with Crippen molar-refractivity contribution >= 4 is 15.5 Å². The molecule has 0 aliphatic heterocycles. The molecule has 0 unspecified atom stereocenters. The topological polar surface area (TPSA) is 80.5 Å². The zero-order chi connectivity index (χ0) is 14.6. The average Bonchev–Trinajstić information content (AvgIpc) is 2.37. The number of hydrogen-bond donors (Lipinski definition) is 1. The van der Waals surface area contributed by atoms with Crippen LogP contribution in [-0.2, 0) is 16.4 Å². The van der Waals surface area contributed by atoms with Gasteiger partial charge in [-0.15, -0.1) is 0 Å². The maximum Gasteiger partial charge on any atom is 0.258 e. The summed E-state index contributed by atoms with van der Waals surface area (Å²) in [5, 5.41) is 3.09. The van der Waals surface area contributed by atoms with Gasteiger partial charge in [0.2, 0.25) is 0 Å². The third-order valence-corrected chi connectivity index (χ3v) is 3.83. The summed E-state index contributed by atoms with van der Waals surface area (Å²) in [7, 11) is -2.91. The monoisotopic (exact) mass is 295 g/mol. The van der Waals surface area contributed by atoms with E-state index < -0.39 is 9.84 Å². The quantitative estimate of drug-likeness (QED) is 0.771. The Kier molecular flexibility index (Phi) is 4.51. The van der Waals surface area contributed by atoms with Crippen molar-refractivity contribution in [3.8, 4) is 0 Å².